The Kier molecular flexibility index (Phi) is 6.12. The summed E-state index contributed by atoms with van der Waals surface area (Å²) in [6.07, 6.45) is 1.13. The largest absolute Gasteiger partial charge is 0.369 e. The van der Waals surface area contributed by atoms with Crippen molar-refractivity contribution in [2.24, 2.45) is 0 Å². The van der Waals surface area contributed by atoms with Gasteiger partial charge in [-0.3, -0.25) is 4.79 Å². The monoisotopic (exact) mass is 511 g/mol. The van der Waals surface area contributed by atoms with Gasteiger partial charge < -0.3 is 9.80 Å². The van der Waals surface area contributed by atoms with Gasteiger partial charge in [0, 0.05) is 60.0 Å². The molecule has 0 spiro atoms. The fraction of sp³-hybridized carbons (Fsp3) is 0.381. The highest BCUT2D eigenvalue weighted by atomic mass is 79.9. The number of hydrogen-bond acceptors (Lipinski definition) is 4. The van der Waals surface area contributed by atoms with Crippen molar-refractivity contribution >= 4 is 54.8 Å². The van der Waals surface area contributed by atoms with Crippen LogP contribution in [0.1, 0.15) is 18.9 Å². The van der Waals surface area contributed by atoms with E-state index in [1.165, 1.54) is 4.31 Å². The molecule has 2 aliphatic rings. The molecule has 1 fully saturated rings. The molecule has 6 nitrogen and oxygen atoms in total. The summed E-state index contributed by atoms with van der Waals surface area (Å²) in [5.41, 5.74) is 2.70. The fourth-order valence-electron chi connectivity index (χ4n) is 4.03. The van der Waals surface area contributed by atoms with Crippen LogP contribution in [0.5, 0.6) is 0 Å². The number of sulfonamides is 1. The second kappa shape index (κ2) is 8.49. The van der Waals surface area contributed by atoms with E-state index >= 15 is 0 Å². The Morgan fingerprint density at radius 3 is 2.50 bits per heavy atom. The molecule has 0 bridgehead atoms. The summed E-state index contributed by atoms with van der Waals surface area (Å²) in [4.78, 5) is 16.3. The predicted molar refractivity (Wildman–Crippen MR) is 123 cm³/mol. The number of fused-ring (bicyclic) bond motifs is 1. The average molecular weight is 513 g/mol. The van der Waals surface area contributed by atoms with Gasteiger partial charge in [0.15, 0.2) is 0 Å². The molecule has 4 rings (SSSR count). The van der Waals surface area contributed by atoms with Crippen LogP contribution in [0.4, 0.5) is 11.4 Å². The zero-order chi connectivity index (χ0) is 21.5. The van der Waals surface area contributed by atoms with E-state index in [4.69, 9.17) is 11.6 Å². The van der Waals surface area contributed by atoms with Crippen molar-refractivity contribution in [3.63, 3.8) is 0 Å². The Labute approximate surface area is 190 Å². The molecular weight excluding hydrogens is 490 g/mol. The number of piperazine rings is 1. The first-order valence-electron chi connectivity index (χ1n) is 9.94. The van der Waals surface area contributed by atoms with E-state index in [-0.39, 0.29) is 10.8 Å². The van der Waals surface area contributed by atoms with Crippen LogP contribution >= 0.6 is 27.5 Å². The predicted octanol–water partition coefficient (Wildman–Crippen LogP) is 3.91. The number of nitrogens with zero attached hydrogens (tertiary/aromatic N) is 3. The van der Waals surface area contributed by atoms with E-state index < -0.39 is 10.0 Å². The van der Waals surface area contributed by atoms with Crippen molar-refractivity contribution in [3.8, 4) is 0 Å². The van der Waals surface area contributed by atoms with Crippen LogP contribution in [0.15, 0.2) is 45.8 Å². The van der Waals surface area contributed by atoms with Crippen LogP contribution in [0.25, 0.3) is 0 Å². The number of rotatable bonds is 4. The number of benzene rings is 2. The van der Waals surface area contributed by atoms with Crippen molar-refractivity contribution in [1.82, 2.24) is 4.31 Å². The summed E-state index contributed by atoms with van der Waals surface area (Å²) in [7, 11) is -3.69. The molecule has 0 atom stereocenters. The van der Waals surface area contributed by atoms with Gasteiger partial charge >= 0.3 is 0 Å². The number of anilines is 2. The van der Waals surface area contributed by atoms with Gasteiger partial charge in [-0.15, -0.1) is 0 Å². The minimum Gasteiger partial charge on any atom is -0.369 e. The fourth-order valence-corrected chi connectivity index (χ4v) is 6.71. The molecule has 2 aliphatic heterocycles. The van der Waals surface area contributed by atoms with Gasteiger partial charge in [0.1, 0.15) is 0 Å². The Hall–Kier alpha value is -1.61. The molecule has 2 aromatic carbocycles. The standard InChI is InChI=1S/C21H23BrClN3O3S/c1-2-21(27)26-7-6-15-12-18(22)20(14-19(15)26)30(28,29)25-10-8-24(9-11-25)17-5-3-4-16(23)13-17/h3-5,12-14H,2,6-11H2,1H3. The molecule has 2 heterocycles. The number of carbonyl (C=O) groups is 1. The number of carbonyl (C=O) groups excluding carboxylic acids is 1. The first kappa shape index (κ1) is 21.6. The van der Waals surface area contributed by atoms with Gasteiger partial charge in [-0.2, -0.15) is 4.31 Å². The van der Waals surface area contributed by atoms with Crippen LogP contribution < -0.4 is 9.80 Å². The molecule has 9 heteroatoms. The molecule has 0 unspecified atom stereocenters. The van der Waals surface area contributed by atoms with Crippen molar-refractivity contribution in [3.05, 3.63) is 51.5 Å². The van der Waals surface area contributed by atoms with Crippen LogP contribution in [-0.4, -0.2) is 51.4 Å². The van der Waals surface area contributed by atoms with E-state index in [2.05, 4.69) is 20.8 Å². The Balaban J connectivity index is 1.57. The molecule has 160 valence electrons. The normalized spacial score (nSPS) is 17.3. The van der Waals surface area contributed by atoms with Gasteiger partial charge in [0.2, 0.25) is 15.9 Å². The van der Waals surface area contributed by atoms with Gasteiger partial charge in [0.05, 0.1) is 4.90 Å². The van der Waals surface area contributed by atoms with Crippen LogP contribution in [0.2, 0.25) is 5.02 Å². The van der Waals surface area contributed by atoms with Crippen molar-refractivity contribution in [1.29, 1.82) is 0 Å². The lowest BCUT2D eigenvalue weighted by Gasteiger charge is -2.35. The summed E-state index contributed by atoms with van der Waals surface area (Å²) in [5, 5.41) is 0.663. The van der Waals surface area contributed by atoms with Gasteiger partial charge in [-0.25, -0.2) is 8.42 Å². The van der Waals surface area contributed by atoms with Crippen LogP contribution in [-0.2, 0) is 21.2 Å². The van der Waals surface area contributed by atoms with Crippen LogP contribution in [0.3, 0.4) is 0 Å². The lowest BCUT2D eigenvalue weighted by atomic mass is 10.2. The first-order chi connectivity index (χ1) is 14.3. The summed E-state index contributed by atoms with van der Waals surface area (Å²) in [6.45, 7) is 4.35. The van der Waals surface area contributed by atoms with E-state index in [9.17, 15) is 13.2 Å². The zero-order valence-electron chi connectivity index (χ0n) is 16.6. The maximum Gasteiger partial charge on any atom is 0.244 e. The topological polar surface area (TPSA) is 60.9 Å². The van der Waals surface area contributed by atoms with Gasteiger partial charge in [-0.1, -0.05) is 24.6 Å². The highest BCUT2D eigenvalue weighted by Crippen LogP contribution is 2.37. The average Bonchev–Trinajstić information content (AvgIpc) is 3.15. The SMILES string of the molecule is CCC(=O)N1CCc2cc(Br)c(S(=O)(=O)N3CCN(c4cccc(Cl)c4)CC3)cc21. The molecule has 30 heavy (non-hydrogen) atoms. The van der Waals surface area contributed by atoms with E-state index in [0.29, 0.717) is 54.3 Å². The van der Waals surface area contributed by atoms with Crippen molar-refractivity contribution < 1.29 is 13.2 Å². The number of hydrogen-bond donors (Lipinski definition) is 0. The molecule has 2 aromatic rings. The number of amides is 1. The number of halogens is 2. The highest BCUT2D eigenvalue weighted by molar-refractivity contribution is 9.10. The summed E-state index contributed by atoms with van der Waals surface area (Å²) in [5.74, 6) is 0.00885. The third-order valence-corrected chi connectivity index (χ3v) is 8.75. The Morgan fingerprint density at radius 1 is 1.10 bits per heavy atom. The molecular formula is C21H23BrClN3O3S. The molecule has 1 saturated heterocycles. The molecule has 0 aliphatic carbocycles. The maximum atomic E-state index is 13.4. The second-order valence-electron chi connectivity index (χ2n) is 7.43. The van der Waals surface area contributed by atoms with E-state index in [0.717, 1.165) is 17.7 Å². The smallest absolute Gasteiger partial charge is 0.244 e. The first-order valence-corrected chi connectivity index (χ1v) is 12.6. The van der Waals surface area contributed by atoms with Crippen molar-refractivity contribution in [2.75, 3.05) is 42.5 Å². The lowest BCUT2D eigenvalue weighted by Crippen LogP contribution is -2.48. The minimum atomic E-state index is -3.69. The highest BCUT2D eigenvalue weighted by Gasteiger charge is 2.33. The minimum absolute atomic E-state index is 0.00885. The lowest BCUT2D eigenvalue weighted by molar-refractivity contribution is -0.118. The molecule has 1 amide bonds. The molecule has 0 N–H and O–H groups in total. The Bertz CT molecular complexity index is 1080. The van der Waals surface area contributed by atoms with Gasteiger partial charge in [0.25, 0.3) is 0 Å². The van der Waals surface area contributed by atoms with Gasteiger partial charge in [-0.05, 0) is 58.2 Å². The second-order valence-corrected chi connectivity index (χ2v) is 10.6. The molecule has 0 radical (unpaired) electrons. The van der Waals surface area contributed by atoms with Crippen LogP contribution in [0, 0.1) is 0 Å². The third kappa shape index (κ3) is 3.98. The quantitative estimate of drug-likeness (QED) is 0.623. The van der Waals surface area contributed by atoms with E-state index in [1.54, 1.807) is 11.0 Å². The summed E-state index contributed by atoms with van der Waals surface area (Å²) in [6, 6.07) is 11.1. The third-order valence-electron chi connectivity index (χ3n) is 5.66. The van der Waals surface area contributed by atoms with Crippen molar-refractivity contribution in [2.45, 2.75) is 24.7 Å². The molecule has 0 saturated carbocycles. The zero-order valence-corrected chi connectivity index (χ0v) is 19.8. The summed E-state index contributed by atoms with van der Waals surface area (Å²) < 4.78 is 28.9. The van der Waals surface area contributed by atoms with E-state index in [1.807, 2.05) is 37.3 Å². The summed E-state index contributed by atoms with van der Waals surface area (Å²) >= 11 is 9.54. The maximum absolute atomic E-state index is 13.4. The Morgan fingerprint density at radius 2 is 1.83 bits per heavy atom. The molecule has 0 aromatic heterocycles.